The van der Waals surface area contributed by atoms with Gasteiger partial charge in [0.2, 0.25) is 0 Å². The third kappa shape index (κ3) is 4.61. The van der Waals surface area contributed by atoms with Gasteiger partial charge in [0, 0.05) is 6.21 Å². The van der Waals surface area contributed by atoms with Crippen LogP contribution in [0.5, 0.6) is 23.0 Å². The predicted octanol–water partition coefficient (Wildman–Crippen LogP) is 5.33. The minimum Gasteiger partial charge on any atom is -0.504 e. The molecule has 0 aliphatic rings. The summed E-state index contributed by atoms with van der Waals surface area (Å²) in [5.41, 5.74) is 1.66. The molecule has 0 saturated heterocycles. The molecule has 25 heavy (non-hydrogen) atoms. The highest BCUT2D eigenvalue weighted by molar-refractivity contribution is 5.83. The smallest absolute Gasteiger partial charge is 0.161 e. The molecule has 0 amide bonds. The van der Waals surface area contributed by atoms with Crippen LogP contribution in [0.2, 0.25) is 0 Å². The second-order valence-corrected chi connectivity index (χ2v) is 5.33. The van der Waals surface area contributed by atoms with E-state index in [1.165, 1.54) is 0 Å². The molecule has 4 nitrogen and oxygen atoms in total. The third-order valence-corrected chi connectivity index (χ3v) is 3.46. The SMILES string of the molecule is CCOc1cc(C=Nc2ccc(Oc3ccccc3)cc2)ccc1O. The Morgan fingerprint density at radius 3 is 2.36 bits per heavy atom. The van der Waals surface area contributed by atoms with E-state index in [1.54, 1.807) is 24.4 Å². The molecule has 126 valence electrons. The Balaban J connectivity index is 1.69. The molecule has 1 N–H and O–H groups in total. The number of benzene rings is 3. The highest BCUT2D eigenvalue weighted by Gasteiger charge is 2.02. The Morgan fingerprint density at radius 1 is 0.920 bits per heavy atom. The highest BCUT2D eigenvalue weighted by Crippen LogP contribution is 2.27. The molecule has 3 aromatic carbocycles. The summed E-state index contributed by atoms with van der Waals surface area (Å²) in [5, 5.41) is 9.72. The van der Waals surface area contributed by atoms with E-state index in [9.17, 15) is 5.11 Å². The molecule has 0 saturated carbocycles. The second-order valence-electron chi connectivity index (χ2n) is 5.33. The summed E-state index contributed by atoms with van der Waals surface area (Å²) in [4.78, 5) is 4.44. The summed E-state index contributed by atoms with van der Waals surface area (Å²) in [7, 11) is 0. The number of phenolic OH excluding ortho intramolecular Hbond substituents is 1. The van der Waals surface area contributed by atoms with Crippen LogP contribution in [0.15, 0.2) is 77.8 Å². The first-order valence-corrected chi connectivity index (χ1v) is 8.07. The van der Waals surface area contributed by atoms with Crippen molar-refractivity contribution in [1.82, 2.24) is 0 Å². The van der Waals surface area contributed by atoms with Crippen LogP contribution < -0.4 is 9.47 Å². The van der Waals surface area contributed by atoms with Crippen molar-refractivity contribution in [2.75, 3.05) is 6.61 Å². The summed E-state index contributed by atoms with van der Waals surface area (Å²) < 4.78 is 11.1. The van der Waals surface area contributed by atoms with Crippen molar-refractivity contribution in [3.05, 3.63) is 78.4 Å². The van der Waals surface area contributed by atoms with Crippen LogP contribution in [0.3, 0.4) is 0 Å². The van der Waals surface area contributed by atoms with E-state index in [-0.39, 0.29) is 5.75 Å². The largest absolute Gasteiger partial charge is 0.504 e. The lowest BCUT2D eigenvalue weighted by Gasteiger charge is -2.06. The van der Waals surface area contributed by atoms with E-state index in [0.717, 1.165) is 22.7 Å². The maximum atomic E-state index is 9.72. The second kappa shape index (κ2) is 8.02. The standard InChI is InChI=1S/C21H19NO3/c1-2-24-21-14-16(8-13-20(21)23)15-22-17-9-11-19(12-10-17)25-18-6-4-3-5-7-18/h3-15,23H,2H2,1H3. The van der Waals surface area contributed by atoms with Crippen molar-refractivity contribution in [3.63, 3.8) is 0 Å². The summed E-state index contributed by atoms with van der Waals surface area (Å²) in [6.45, 7) is 2.37. The molecule has 3 rings (SSSR count). The number of ether oxygens (including phenoxy) is 2. The van der Waals surface area contributed by atoms with E-state index in [1.807, 2.05) is 61.5 Å². The number of hydrogen-bond donors (Lipinski definition) is 1. The number of hydrogen-bond acceptors (Lipinski definition) is 4. The molecular formula is C21H19NO3. The van der Waals surface area contributed by atoms with Gasteiger partial charge in [-0.3, -0.25) is 4.99 Å². The van der Waals surface area contributed by atoms with Crippen molar-refractivity contribution in [2.24, 2.45) is 4.99 Å². The Kier molecular flexibility index (Phi) is 5.32. The fourth-order valence-electron chi connectivity index (χ4n) is 2.26. The maximum Gasteiger partial charge on any atom is 0.161 e. The van der Waals surface area contributed by atoms with E-state index in [4.69, 9.17) is 9.47 Å². The Hall–Kier alpha value is -3.27. The van der Waals surface area contributed by atoms with Crippen molar-refractivity contribution in [1.29, 1.82) is 0 Å². The highest BCUT2D eigenvalue weighted by atomic mass is 16.5. The fraction of sp³-hybridized carbons (Fsp3) is 0.0952. The molecule has 0 atom stereocenters. The molecule has 0 spiro atoms. The van der Waals surface area contributed by atoms with Crippen LogP contribution in [0.1, 0.15) is 12.5 Å². The van der Waals surface area contributed by atoms with E-state index < -0.39 is 0 Å². The number of aliphatic imine (C=N–C) groups is 1. The number of aromatic hydroxyl groups is 1. The van der Waals surface area contributed by atoms with E-state index in [2.05, 4.69) is 4.99 Å². The first kappa shape index (κ1) is 16.6. The summed E-state index contributed by atoms with van der Waals surface area (Å²) in [6.07, 6.45) is 1.73. The number of nitrogens with zero attached hydrogens (tertiary/aromatic N) is 1. The molecule has 0 aromatic heterocycles. The molecule has 0 aliphatic heterocycles. The topological polar surface area (TPSA) is 51.0 Å². The van der Waals surface area contributed by atoms with E-state index >= 15 is 0 Å². The molecule has 3 aromatic rings. The van der Waals surface area contributed by atoms with Gasteiger partial charge in [-0.2, -0.15) is 0 Å². The van der Waals surface area contributed by atoms with Gasteiger partial charge in [0.1, 0.15) is 11.5 Å². The summed E-state index contributed by atoms with van der Waals surface area (Å²) >= 11 is 0. The van der Waals surface area contributed by atoms with Gasteiger partial charge in [-0.05, 0) is 67.1 Å². The first-order valence-electron chi connectivity index (χ1n) is 8.07. The first-order chi connectivity index (χ1) is 12.2. The molecule has 4 heteroatoms. The van der Waals surface area contributed by atoms with Crippen LogP contribution in [-0.2, 0) is 0 Å². The van der Waals surface area contributed by atoms with Crippen LogP contribution in [0, 0.1) is 0 Å². The van der Waals surface area contributed by atoms with Gasteiger partial charge in [-0.1, -0.05) is 18.2 Å². The molecule has 0 radical (unpaired) electrons. The lowest BCUT2D eigenvalue weighted by molar-refractivity contribution is 0.318. The lowest BCUT2D eigenvalue weighted by atomic mass is 10.2. The quantitative estimate of drug-likeness (QED) is 0.620. The average molecular weight is 333 g/mol. The molecule has 0 unspecified atom stereocenters. The third-order valence-electron chi connectivity index (χ3n) is 3.46. The normalized spacial score (nSPS) is 10.8. The summed E-state index contributed by atoms with van der Waals surface area (Å²) in [5.74, 6) is 2.14. The van der Waals surface area contributed by atoms with Gasteiger partial charge in [0.25, 0.3) is 0 Å². The average Bonchev–Trinajstić information content (AvgIpc) is 2.65. The van der Waals surface area contributed by atoms with Crippen molar-refractivity contribution >= 4 is 11.9 Å². The van der Waals surface area contributed by atoms with Gasteiger partial charge in [-0.15, -0.1) is 0 Å². The van der Waals surface area contributed by atoms with Gasteiger partial charge in [-0.25, -0.2) is 0 Å². The zero-order valence-electron chi connectivity index (χ0n) is 13.9. The fourth-order valence-corrected chi connectivity index (χ4v) is 2.26. The number of para-hydroxylation sites is 1. The minimum atomic E-state index is 0.126. The zero-order chi connectivity index (χ0) is 17.5. The van der Waals surface area contributed by atoms with Gasteiger partial charge in [0.05, 0.1) is 12.3 Å². The van der Waals surface area contributed by atoms with E-state index in [0.29, 0.717) is 12.4 Å². The van der Waals surface area contributed by atoms with Gasteiger partial charge in [0.15, 0.2) is 11.5 Å². The lowest BCUT2D eigenvalue weighted by Crippen LogP contribution is -1.93. The van der Waals surface area contributed by atoms with Crippen molar-refractivity contribution in [2.45, 2.75) is 6.92 Å². The van der Waals surface area contributed by atoms with Crippen LogP contribution in [-0.4, -0.2) is 17.9 Å². The molecule has 0 fully saturated rings. The van der Waals surface area contributed by atoms with Crippen LogP contribution in [0.4, 0.5) is 5.69 Å². The zero-order valence-corrected chi connectivity index (χ0v) is 13.9. The predicted molar refractivity (Wildman–Crippen MR) is 99.5 cm³/mol. The number of rotatable bonds is 6. The van der Waals surface area contributed by atoms with Gasteiger partial charge >= 0.3 is 0 Å². The maximum absolute atomic E-state index is 9.72. The van der Waals surface area contributed by atoms with Crippen LogP contribution >= 0.6 is 0 Å². The van der Waals surface area contributed by atoms with Crippen molar-refractivity contribution in [3.8, 4) is 23.0 Å². The minimum absolute atomic E-state index is 0.126. The van der Waals surface area contributed by atoms with Gasteiger partial charge < -0.3 is 14.6 Å². The Labute approximate surface area is 147 Å². The monoisotopic (exact) mass is 333 g/mol. The summed E-state index contributed by atoms with van der Waals surface area (Å²) in [6, 6.07) is 22.3. The number of phenols is 1. The van der Waals surface area contributed by atoms with Crippen LogP contribution in [0.25, 0.3) is 0 Å². The Bertz CT molecular complexity index is 843. The van der Waals surface area contributed by atoms with Crippen molar-refractivity contribution < 1.29 is 14.6 Å². The molecule has 0 aliphatic carbocycles. The molecular weight excluding hydrogens is 314 g/mol. The molecule has 0 heterocycles. The molecule has 0 bridgehead atoms. The Morgan fingerprint density at radius 2 is 1.64 bits per heavy atom.